The number of methoxy groups -OCH3 is 1. The molecule has 1 aliphatic rings. The highest BCUT2D eigenvalue weighted by Crippen LogP contribution is 2.28. The first kappa shape index (κ1) is 12.7. The molecule has 2 rings (SSSR count). The van der Waals surface area contributed by atoms with E-state index in [-0.39, 0.29) is 0 Å². The van der Waals surface area contributed by atoms with Crippen LogP contribution in [0.4, 0.5) is 11.5 Å². The summed E-state index contributed by atoms with van der Waals surface area (Å²) >= 11 is 0. The van der Waals surface area contributed by atoms with E-state index in [1.165, 1.54) is 13.5 Å². The van der Waals surface area contributed by atoms with Crippen LogP contribution in [0.1, 0.15) is 30.1 Å². The third-order valence-corrected chi connectivity index (χ3v) is 3.33. The maximum absolute atomic E-state index is 11.6. The number of pyridine rings is 1. The second-order valence-electron chi connectivity index (χ2n) is 4.78. The Kier molecular flexibility index (Phi) is 3.69. The van der Waals surface area contributed by atoms with Crippen molar-refractivity contribution < 1.29 is 9.53 Å². The Balaban J connectivity index is 2.30. The van der Waals surface area contributed by atoms with Gasteiger partial charge in [0.15, 0.2) is 5.82 Å². The van der Waals surface area contributed by atoms with Crippen molar-refractivity contribution >= 4 is 17.5 Å². The van der Waals surface area contributed by atoms with Gasteiger partial charge in [0.25, 0.3) is 0 Å². The van der Waals surface area contributed by atoms with Crippen molar-refractivity contribution in [3.63, 3.8) is 0 Å². The summed E-state index contributed by atoms with van der Waals surface area (Å²) < 4.78 is 4.72. The Labute approximate surface area is 107 Å². The molecule has 1 atom stereocenters. The molecule has 1 aliphatic heterocycles. The molecule has 2 N–H and O–H groups in total. The predicted octanol–water partition coefficient (Wildman–Crippen LogP) is 1.69. The van der Waals surface area contributed by atoms with Crippen molar-refractivity contribution in [1.82, 2.24) is 4.98 Å². The number of rotatable bonds is 2. The van der Waals surface area contributed by atoms with Crippen molar-refractivity contribution in [3.8, 4) is 0 Å². The van der Waals surface area contributed by atoms with Crippen LogP contribution in [0, 0.1) is 5.92 Å². The van der Waals surface area contributed by atoms with E-state index in [0.717, 1.165) is 19.5 Å². The minimum Gasteiger partial charge on any atom is -0.465 e. The lowest BCUT2D eigenvalue weighted by Gasteiger charge is -2.32. The molecule has 1 aromatic heterocycles. The molecule has 2 heterocycles. The molecular weight excluding hydrogens is 230 g/mol. The average molecular weight is 249 g/mol. The van der Waals surface area contributed by atoms with E-state index in [9.17, 15) is 4.79 Å². The highest BCUT2D eigenvalue weighted by atomic mass is 16.5. The third kappa shape index (κ3) is 2.39. The summed E-state index contributed by atoms with van der Waals surface area (Å²) in [6.45, 7) is 4.08. The van der Waals surface area contributed by atoms with Gasteiger partial charge in [0.2, 0.25) is 0 Å². The predicted molar refractivity (Wildman–Crippen MR) is 70.6 cm³/mol. The number of nitrogen functional groups attached to an aromatic ring is 1. The number of esters is 1. The Morgan fingerprint density at radius 1 is 1.61 bits per heavy atom. The zero-order valence-electron chi connectivity index (χ0n) is 10.8. The molecule has 0 saturated carbocycles. The molecule has 1 aromatic rings. The van der Waals surface area contributed by atoms with Crippen LogP contribution in [-0.4, -0.2) is 31.2 Å². The Morgan fingerprint density at radius 2 is 2.39 bits per heavy atom. The lowest BCUT2D eigenvalue weighted by molar-refractivity contribution is 0.0602. The van der Waals surface area contributed by atoms with Gasteiger partial charge in [-0.15, -0.1) is 0 Å². The molecular formula is C13H19N3O2. The SMILES string of the molecule is COC(=O)c1ccnc(N2CCCC(C)C2)c1N. The number of carbonyl (C=O) groups is 1. The standard InChI is InChI=1S/C13H19N3O2/c1-9-4-3-7-16(8-9)12-11(14)10(5-6-15-12)13(17)18-2/h5-6,9H,3-4,7-8,14H2,1-2H3. The number of aromatic nitrogens is 1. The fourth-order valence-corrected chi connectivity index (χ4v) is 2.38. The van der Waals surface area contributed by atoms with Crippen LogP contribution in [0.25, 0.3) is 0 Å². The number of nitrogens with zero attached hydrogens (tertiary/aromatic N) is 2. The van der Waals surface area contributed by atoms with Gasteiger partial charge in [-0.05, 0) is 24.8 Å². The summed E-state index contributed by atoms with van der Waals surface area (Å²) in [5, 5.41) is 0. The number of carbonyl (C=O) groups excluding carboxylic acids is 1. The van der Waals surface area contributed by atoms with E-state index in [0.29, 0.717) is 23.0 Å². The van der Waals surface area contributed by atoms with Gasteiger partial charge in [0, 0.05) is 19.3 Å². The fraction of sp³-hybridized carbons (Fsp3) is 0.538. The van der Waals surface area contributed by atoms with Gasteiger partial charge in [-0.2, -0.15) is 0 Å². The van der Waals surface area contributed by atoms with Crippen LogP contribution in [-0.2, 0) is 4.74 Å². The summed E-state index contributed by atoms with van der Waals surface area (Å²) in [6.07, 6.45) is 3.97. The highest BCUT2D eigenvalue weighted by Gasteiger charge is 2.22. The van der Waals surface area contributed by atoms with Crippen molar-refractivity contribution in [2.75, 3.05) is 30.8 Å². The van der Waals surface area contributed by atoms with E-state index < -0.39 is 5.97 Å². The van der Waals surface area contributed by atoms with E-state index >= 15 is 0 Å². The number of hydrogen-bond acceptors (Lipinski definition) is 5. The van der Waals surface area contributed by atoms with Gasteiger partial charge >= 0.3 is 5.97 Å². The third-order valence-electron chi connectivity index (χ3n) is 3.33. The Hall–Kier alpha value is -1.78. The van der Waals surface area contributed by atoms with Crippen LogP contribution >= 0.6 is 0 Å². The normalized spacial score (nSPS) is 19.7. The van der Waals surface area contributed by atoms with E-state index in [1.54, 1.807) is 12.3 Å². The van der Waals surface area contributed by atoms with Crippen LogP contribution in [0.15, 0.2) is 12.3 Å². The molecule has 5 heteroatoms. The maximum Gasteiger partial charge on any atom is 0.340 e. The fourth-order valence-electron chi connectivity index (χ4n) is 2.38. The second kappa shape index (κ2) is 5.25. The van der Waals surface area contributed by atoms with Gasteiger partial charge in [-0.3, -0.25) is 0 Å². The molecule has 0 radical (unpaired) electrons. The highest BCUT2D eigenvalue weighted by molar-refractivity contribution is 5.97. The largest absolute Gasteiger partial charge is 0.465 e. The molecule has 1 fully saturated rings. The van der Waals surface area contributed by atoms with Gasteiger partial charge in [-0.25, -0.2) is 9.78 Å². The number of nitrogens with two attached hydrogens (primary N) is 1. The summed E-state index contributed by atoms with van der Waals surface area (Å²) in [5.74, 6) is 0.910. The van der Waals surface area contributed by atoms with Gasteiger partial charge in [-0.1, -0.05) is 6.92 Å². The van der Waals surface area contributed by atoms with Crippen LogP contribution in [0.2, 0.25) is 0 Å². The molecule has 18 heavy (non-hydrogen) atoms. The summed E-state index contributed by atoms with van der Waals surface area (Å²) in [5.41, 5.74) is 6.84. The van der Waals surface area contributed by atoms with Crippen LogP contribution in [0.3, 0.4) is 0 Å². The van der Waals surface area contributed by atoms with Crippen molar-refractivity contribution in [3.05, 3.63) is 17.8 Å². The van der Waals surface area contributed by atoms with Gasteiger partial charge < -0.3 is 15.4 Å². The summed E-state index contributed by atoms with van der Waals surface area (Å²) in [7, 11) is 1.35. The van der Waals surface area contributed by atoms with E-state index in [4.69, 9.17) is 10.5 Å². The van der Waals surface area contributed by atoms with E-state index in [1.807, 2.05) is 0 Å². The molecule has 0 aliphatic carbocycles. The number of anilines is 2. The van der Waals surface area contributed by atoms with Crippen LogP contribution in [0.5, 0.6) is 0 Å². The monoisotopic (exact) mass is 249 g/mol. The molecule has 0 aromatic carbocycles. The topological polar surface area (TPSA) is 68.5 Å². The zero-order valence-corrected chi connectivity index (χ0v) is 10.8. The van der Waals surface area contributed by atoms with Crippen LogP contribution < -0.4 is 10.6 Å². The first-order valence-electron chi connectivity index (χ1n) is 6.21. The van der Waals surface area contributed by atoms with Crippen molar-refractivity contribution in [2.24, 2.45) is 5.92 Å². The molecule has 1 unspecified atom stereocenters. The lowest BCUT2D eigenvalue weighted by Crippen LogP contribution is -2.35. The van der Waals surface area contributed by atoms with Crippen molar-refractivity contribution in [2.45, 2.75) is 19.8 Å². The molecule has 0 spiro atoms. The number of hydrogen-bond donors (Lipinski definition) is 1. The Morgan fingerprint density at radius 3 is 3.06 bits per heavy atom. The number of ether oxygens (including phenoxy) is 1. The lowest BCUT2D eigenvalue weighted by atomic mass is 10.00. The minimum absolute atomic E-state index is 0.390. The number of piperidine rings is 1. The molecule has 1 saturated heterocycles. The van der Waals surface area contributed by atoms with Gasteiger partial charge in [0.1, 0.15) is 0 Å². The summed E-state index contributed by atoms with van der Waals surface area (Å²) in [4.78, 5) is 18.0. The molecule has 98 valence electrons. The Bertz CT molecular complexity index is 448. The quantitative estimate of drug-likeness (QED) is 0.808. The molecule has 0 bridgehead atoms. The van der Waals surface area contributed by atoms with Crippen molar-refractivity contribution in [1.29, 1.82) is 0 Å². The first-order valence-corrected chi connectivity index (χ1v) is 6.21. The molecule has 0 amide bonds. The first-order chi connectivity index (χ1) is 8.63. The zero-order chi connectivity index (χ0) is 13.1. The molecule has 5 nitrogen and oxygen atoms in total. The van der Waals surface area contributed by atoms with Gasteiger partial charge in [0.05, 0.1) is 18.4 Å². The van der Waals surface area contributed by atoms with E-state index in [2.05, 4.69) is 16.8 Å². The second-order valence-corrected chi connectivity index (χ2v) is 4.78. The maximum atomic E-state index is 11.6. The smallest absolute Gasteiger partial charge is 0.340 e. The summed E-state index contributed by atoms with van der Waals surface area (Å²) in [6, 6.07) is 1.60. The minimum atomic E-state index is -0.416. The average Bonchev–Trinajstić information content (AvgIpc) is 2.38.